The van der Waals surface area contributed by atoms with Gasteiger partial charge in [-0.25, -0.2) is 4.98 Å². The highest BCUT2D eigenvalue weighted by Gasteiger charge is 2.26. The summed E-state index contributed by atoms with van der Waals surface area (Å²) in [6.45, 7) is 3.67. The second kappa shape index (κ2) is 7.51. The van der Waals surface area contributed by atoms with Gasteiger partial charge in [0.25, 0.3) is 11.8 Å². The van der Waals surface area contributed by atoms with Crippen molar-refractivity contribution in [2.75, 3.05) is 39.4 Å². The lowest BCUT2D eigenvalue weighted by atomic mass is 10.2. The molecule has 0 spiro atoms. The molecule has 0 aromatic carbocycles. The zero-order valence-corrected chi connectivity index (χ0v) is 15.2. The number of pyridine rings is 1. The van der Waals surface area contributed by atoms with Crippen molar-refractivity contribution in [3.8, 4) is 0 Å². The second-order valence-electron chi connectivity index (χ2n) is 6.32. The van der Waals surface area contributed by atoms with Crippen LogP contribution in [0.2, 0.25) is 0 Å². The third-order valence-corrected chi connectivity index (χ3v) is 5.85. The molecule has 2 aliphatic rings. The predicted molar refractivity (Wildman–Crippen MR) is 96.4 cm³/mol. The van der Waals surface area contributed by atoms with E-state index in [-0.39, 0.29) is 11.8 Å². The van der Waals surface area contributed by atoms with Gasteiger partial charge in [-0.1, -0.05) is 0 Å². The van der Waals surface area contributed by atoms with Gasteiger partial charge in [0.05, 0.1) is 18.9 Å². The van der Waals surface area contributed by atoms with Gasteiger partial charge >= 0.3 is 0 Å². The minimum atomic E-state index is -0.00362. The number of amides is 2. The molecule has 1 fully saturated rings. The standard InChI is InChI=1S/C18H20N4O3S/c23-17(13-1-5-19-6-2-13)21-7-3-14-15(4-8-21)26-16(20-14)18(24)22-9-11-25-12-10-22/h1-2,5-6H,3-4,7-12H2. The van der Waals surface area contributed by atoms with E-state index in [1.165, 1.54) is 11.3 Å². The van der Waals surface area contributed by atoms with Crippen LogP contribution in [0.3, 0.4) is 0 Å². The summed E-state index contributed by atoms with van der Waals surface area (Å²) < 4.78 is 5.30. The SMILES string of the molecule is O=C(c1ccncc1)N1CCc2nc(C(=O)N3CCOCC3)sc2CC1. The largest absolute Gasteiger partial charge is 0.378 e. The van der Waals surface area contributed by atoms with Crippen molar-refractivity contribution in [1.29, 1.82) is 0 Å². The van der Waals surface area contributed by atoms with E-state index in [9.17, 15) is 9.59 Å². The van der Waals surface area contributed by atoms with Crippen LogP contribution in [0.5, 0.6) is 0 Å². The highest BCUT2D eigenvalue weighted by molar-refractivity contribution is 7.13. The number of aromatic nitrogens is 2. The Balaban J connectivity index is 1.44. The first-order valence-corrected chi connectivity index (χ1v) is 9.59. The molecule has 4 rings (SSSR count). The fraction of sp³-hybridized carbons (Fsp3) is 0.444. The smallest absolute Gasteiger partial charge is 0.283 e. The van der Waals surface area contributed by atoms with E-state index in [2.05, 4.69) is 9.97 Å². The van der Waals surface area contributed by atoms with Crippen molar-refractivity contribution < 1.29 is 14.3 Å². The maximum absolute atomic E-state index is 12.6. The van der Waals surface area contributed by atoms with E-state index in [0.717, 1.165) is 17.0 Å². The van der Waals surface area contributed by atoms with Crippen LogP contribution in [-0.2, 0) is 17.6 Å². The number of hydrogen-bond donors (Lipinski definition) is 0. The van der Waals surface area contributed by atoms with Crippen LogP contribution in [-0.4, -0.2) is 71.0 Å². The van der Waals surface area contributed by atoms with Crippen LogP contribution in [0.25, 0.3) is 0 Å². The third-order valence-electron chi connectivity index (χ3n) is 4.70. The monoisotopic (exact) mass is 372 g/mol. The van der Waals surface area contributed by atoms with Crippen molar-refractivity contribution in [2.24, 2.45) is 0 Å². The highest BCUT2D eigenvalue weighted by atomic mass is 32.1. The molecule has 2 amide bonds. The summed E-state index contributed by atoms with van der Waals surface area (Å²) in [5.74, 6) is 0.0169. The first-order valence-electron chi connectivity index (χ1n) is 8.77. The third kappa shape index (κ3) is 3.47. The van der Waals surface area contributed by atoms with Crippen molar-refractivity contribution in [3.63, 3.8) is 0 Å². The Morgan fingerprint density at radius 1 is 0.962 bits per heavy atom. The summed E-state index contributed by atoms with van der Waals surface area (Å²) in [4.78, 5) is 38.6. The molecule has 26 heavy (non-hydrogen) atoms. The molecule has 4 heterocycles. The van der Waals surface area contributed by atoms with Gasteiger partial charge in [-0.3, -0.25) is 14.6 Å². The first kappa shape index (κ1) is 17.1. The molecule has 0 radical (unpaired) electrons. The Bertz CT molecular complexity index is 777. The van der Waals surface area contributed by atoms with Crippen LogP contribution in [0.4, 0.5) is 0 Å². The predicted octanol–water partition coefficient (Wildman–Crippen LogP) is 1.25. The molecule has 0 atom stereocenters. The van der Waals surface area contributed by atoms with Crippen molar-refractivity contribution in [3.05, 3.63) is 45.7 Å². The molecule has 136 valence electrons. The van der Waals surface area contributed by atoms with Crippen LogP contribution >= 0.6 is 11.3 Å². The number of rotatable bonds is 2. The molecular formula is C18H20N4O3S. The van der Waals surface area contributed by atoms with Gasteiger partial charge in [0.2, 0.25) is 0 Å². The summed E-state index contributed by atoms with van der Waals surface area (Å²) >= 11 is 1.47. The molecule has 0 bridgehead atoms. The summed E-state index contributed by atoms with van der Waals surface area (Å²) in [5, 5.41) is 0.561. The normalized spacial score (nSPS) is 17.5. The zero-order valence-electron chi connectivity index (χ0n) is 14.4. The topological polar surface area (TPSA) is 75.6 Å². The van der Waals surface area contributed by atoms with Crippen molar-refractivity contribution in [2.45, 2.75) is 12.8 Å². The number of hydrogen-bond acceptors (Lipinski definition) is 6. The summed E-state index contributed by atoms with van der Waals surface area (Å²) in [6, 6.07) is 3.47. The van der Waals surface area contributed by atoms with E-state index in [0.29, 0.717) is 56.4 Å². The van der Waals surface area contributed by atoms with Crippen LogP contribution in [0.1, 0.15) is 30.7 Å². The van der Waals surface area contributed by atoms with Gasteiger partial charge < -0.3 is 14.5 Å². The van der Waals surface area contributed by atoms with E-state index < -0.39 is 0 Å². The van der Waals surface area contributed by atoms with E-state index in [1.807, 2.05) is 4.90 Å². The minimum absolute atomic E-state index is 0.00362. The Kier molecular flexibility index (Phi) is 4.94. The number of nitrogens with zero attached hydrogens (tertiary/aromatic N) is 4. The molecule has 0 aliphatic carbocycles. The molecule has 8 heteroatoms. The summed E-state index contributed by atoms with van der Waals surface area (Å²) in [6.07, 6.45) is 4.68. The molecule has 1 saturated heterocycles. The lowest BCUT2D eigenvalue weighted by molar-refractivity contribution is 0.0302. The summed E-state index contributed by atoms with van der Waals surface area (Å²) in [7, 11) is 0. The number of thiazole rings is 1. The van der Waals surface area contributed by atoms with Gasteiger partial charge in [0.1, 0.15) is 0 Å². The molecular weight excluding hydrogens is 352 g/mol. The van der Waals surface area contributed by atoms with Crippen LogP contribution in [0, 0.1) is 0 Å². The van der Waals surface area contributed by atoms with E-state index >= 15 is 0 Å². The average Bonchev–Trinajstić information content (AvgIpc) is 3.01. The van der Waals surface area contributed by atoms with E-state index in [4.69, 9.17) is 4.74 Å². The number of ether oxygens (including phenoxy) is 1. The summed E-state index contributed by atoms with van der Waals surface area (Å²) in [5.41, 5.74) is 1.61. The van der Waals surface area contributed by atoms with Gasteiger partial charge in [0, 0.05) is 61.9 Å². The maximum Gasteiger partial charge on any atom is 0.283 e. The van der Waals surface area contributed by atoms with Crippen molar-refractivity contribution >= 4 is 23.2 Å². The number of morpholine rings is 1. The Hall–Kier alpha value is -2.32. The highest BCUT2D eigenvalue weighted by Crippen LogP contribution is 2.25. The Morgan fingerprint density at radius 3 is 2.42 bits per heavy atom. The van der Waals surface area contributed by atoms with Crippen molar-refractivity contribution in [1.82, 2.24) is 19.8 Å². The molecule has 7 nitrogen and oxygen atoms in total. The Labute approximate surface area is 155 Å². The number of fused-ring (bicyclic) bond motifs is 1. The van der Waals surface area contributed by atoms with Gasteiger partial charge in [-0.15, -0.1) is 11.3 Å². The lowest BCUT2D eigenvalue weighted by Crippen LogP contribution is -2.40. The minimum Gasteiger partial charge on any atom is -0.378 e. The number of carbonyl (C=O) groups excluding carboxylic acids is 2. The fourth-order valence-electron chi connectivity index (χ4n) is 3.24. The zero-order chi connectivity index (χ0) is 17.9. The van der Waals surface area contributed by atoms with Gasteiger partial charge in [0.15, 0.2) is 5.01 Å². The molecule has 0 saturated carbocycles. The van der Waals surface area contributed by atoms with Gasteiger partial charge in [-0.05, 0) is 12.1 Å². The fourth-order valence-corrected chi connectivity index (χ4v) is 4.30. The van der Waals surface area contributed by atoms with Gasteiger partial charge in [-0.2, -0.15) is 0 Å². The average molecular weight is 372 g/mol. The second-order valence-corrected chi connectivity index (χ2v) is 7.41. The van der Waals surface area contributed by atoms with E-state index in [1.54, 1.807) is 29.4 Å². The maximum atomic E-state index is 12.6. The number of carbonyl (C=O) groups is 2. The van der Waals surface area contributed by atoms with Crippen LogP contribution < -0.4 is 0 Å². The van der Waals surface area contributed by atoms with Crippen LogP contribution in [0.15, 0.2) is 24.5 Å². The molecule has 2 aromatic heterocycles. The molecule has 2 aromatic rings. The Morgan fingerprint density at radius 2 is 1.65 bits per heavy atom. The quantitative estimate of drug-likeness (QED) is 0.793. The molecule has 0 N–H and O–H groups in total. The molecule has 2 aliphatic heterocycles. The first-order chi connectivity index (χ1) is 12.7. The molecule has 0 unspecified atom stereocenters. The lowest BCUT2D eigenvalue weighted by Gasteiger charge is -2.25.